The zero-order valence-corrected chi connectivity index (χ0v) is 77.0. The number of hydrogen-bond acceptors (Lipinski definition) is 10. The molecule has 24 aromatic carbocycles. The van der Waals surface area contributed by atoms with Gasteiger partial charge in [-0.1, -0.05) is 384 Å². The number of aromatic nitrogens is 7. The Morgan fingerprint density at radius 2 is 0.563 bits per heavy atom. The van der Waals surface area contributed by atoms with Crippen molar-refractivity contribution in [3.05, 3.63) is 454 Å². The second-order valence-electron chi connectivity index (χ2n) is 37.8. The summed E-state index contributed by atoms with van der Waals surface area (Å²) in [6.07, 6.45) is 0. The monoisotopic (exact) mass is 1810 g/mol. The van der Waals surface area contributed by atoms with E-state index >= 15 is 0 Å². The highest BCUT2D eigenvalue weighted by molar-refractivity contribution is 6.35. The van der Waals surface area contributed by atoms with E-state index in [-0.39, 0.29) is 5.41 Å². The van der Waals surface area contributed by atoms with E-state index in [4.69, 9.17) is 48.1 Å². The summed E-state index contributed by atoms with van der Waals surface area (Å²) in [6, 6.07) is 156. The Kier molecular flexibility index (Phi) is 17.9. The Bertz CT molecular complexity index is 10600. The molecule has 6 heterocycles. The predicted octanol–water partition coefficient (Wildman–Crippen LogP) is 35.5. The number of furan rings is 3. The molecule has 0 spiro atoms. The molecule has 0 radical (unpaired) electrons. The maximum Gasteiger partial charge on any atom is 0.164 e. The minimum Gasteiger partial charge on any atom is -0.456 e. The van der Waals surface area contributed by atoms with Gasteiger partial charge >= 0.3 is 0 Å². The van der Waals surface area contributed by atoms with Gasteiger partial charge in [0.15, 0.2) is 17.5 Å². The molecule has 0 saturated heterocycles. The third-order valence-corrected chi connectivity index (χ3v) is 29.5. The molecule has 142 heavy (non-hydrogen) atoms. The summed E-state index contributed by atoms with van der Waals surface area (Å²) in [7, 11) is 0. The van der Waals surface area contributed by atoms with Gasteiger partial charge < -0.3 is 13.3 Å². The molecule has 0 N–H and O–H groups in total. The molecule has 0 unspecified atom stereocenters. The fourth-order valence-electron chi connectivity index (χ4n) is 23.1. The Labute approximate surface area is 812 Å². The van der Waals surface area contributed by atoms with E-state index in [1.807, 2.05) is 91.0 Å². The van der Waals surface area contributed by atoms with Gasteiger partial charge in [-0.15, -0.1) is 0 Å². The molecule has 1 aliphatic carbocycles. The predicted molar refractivity (Wildman–Crippen MR) is 589 cm³/mol. The van der Waals surface area contributed by atoms with Gasteiger partial charge in [-0.3, -0.25) is 0 Å². The van der Waals surface area contributed by atoms with E-state index in [1.54, 1.807) is 0 Å². The van der Waals surface area contributed by atoms with Crippen LogP contribution in [0.15, 0.2) is 456 Å². The lowest BCUT2D eigenvalue weighted by atomic mass is 9.78. The number of benzene rings is 24. The van der Waals surface area contributed by atoms with Crippen molar-refractivity contribution in [3.8, 4) is 90.3 Å². The van der Waals surface area contributed by atoms with Crippen molar-refractivity contribution in [3.63, 3.8) is 0 Å². The quantitative estimate of drug-likeness (QED) is 0.142. The van der Waals surface area contributed by atoms with Gasteiger partial charge in [0.05, 0.1) is 44.8 Å². The molecule has 0 amide bonds. The zero-order valence-electron chi connectivity index (χ0n) is 77.0. The number of para-hydroxylation sites is 3. The first-order valence-electron chi connectivity index (χ1n) is 48.3. The minimum absolute atomic E-state index is 0.101. The van der Waals surface area contributed by atoms with Crippen molar-refractivity contribution in [1.82, 2.24) is 34.9 Å². The highest BCUT2D eigenvalue weighted by atomic mass is 16.3. The van der Waals surface area contributed by atoms with E-state index < -0.39 is 0 Å². The summed E-state index contributed by atoms with van der Waals surface area (Å²) in [5, 5.41) is 33.2. The van der Waals surface area contributed by atoms with Crippen molar-refractivity contribution in [2.24, 2.45) is 0 Å². The summed E-state index contributed by atoms with van der Waals surface area (Å²) in [5.41, 5.74) is 24.9. The van der Waals surface area contributed by atoms with E-state index in [0.29, 0.717) is 17.5 Å². The van der Waals surface area contributed by atoms with Crippen molar-refractivity contribution in [1.29, 1.82) is 0 Å². The van der Waals surface area contributed by atoms with E-state index in [0.717, 1.165) is 177 Å². The van der Waals surface area contributed by atoms with Gasteiger partial charge in [0, 0.05) is 98.2 Å². The maximum atomic E-state index is 6.54. The molecule has 0 bridgehead atoms. The molecule has 0 saturated carbocycles. The smallest absolute Gasteiger partial charge is 0.164 e. The number of nitrogens with zero attached hydrogens (tertiary/aromatic N) is 7. The lowest BCUT2D eigenvalue weighted by Gasteiger charge is -2.24. The summed E-state index contributed by atoms with van der Waals surface area (Å²) < 4.78 is 19.0. The normalized spacial score (nSPS) is 12.5. The van der Waals surface area contributed by atoms with Crippen LogP contribution in [0.5, 0.6) is 0 Å². The molecular formula is C132H79N7O3. The summed E-state index contributed by atoms with van der Waals surface area (Å²) in [4.78, 5) is 36.5. The number of fused-ring (bicyclic) bond motifs is 38. The van der Waals surface area contributed by atoms with Gasteiger partial charge in [0.25, 0.3) is 0 Å². The lowest BCUT2D eigenvalue weighted by Crippen LogP contribution is -2.15. The van der Waals surface area contributed by atoms with Crippen LogP contribution in [0.3, 0.4) is 0 Å². The molecule has 0 fully saturated rings. The Balaban J connectivity index is 0.000000102. The number of rotatable bonds is 7. The topological polar surface area (TPSA) is 130 Å². The fourth-order valence-corrected chi connectivity index (χ4v) is 23.1. The largest absolute Gasteiger partial charge is 0.456 e. The van der Waals surface area contributed by atoms with Gasteiger partial charge in [-0.05, 0) is 192 Å². The molecule has 0 atom stereocenters. The third-order valence-electron chi connectivity index (χ3n) is 29.5. The highest BCUT2D eigenvalue weighted by Gasteiger charge is 2.39. The van der Waals surface area contributed by atoms with Gasteiger partial charge in [0.1, 0.15) is 33.5 Å². The molecule has 0 aliphatic heterocycles. The molecule has 30 aromatic rings. The van der Waals surface area contributed by atoms with E-state index in [9.17, 15) is 0 Å². The molecule has 10 heteroatoms. The highest BCUT2D eigenvalue weighted by Crippen LogP contribution is 2.57. The molecule has 1 aliphatic rings. The Hall–Kier alpha value is -18.8. The first-order chi connectivity index (χ1) is 70.2. The van der Waals surface area contributed by atoms with Gasteiger partial charge in [-0.2, -0.15) is 0 Å². The SMILES string of the molecule is CC1(C)c2ccccc2-c2c1c1ccc3cc(-c4nc5c(ccc6ccccc65)nc4-c4ccccc4)ccc3c1c1ccccc21.c1ccc(-c2nc(-c3ccc4c(ccc5ccc6c(ccc7oc8ccccc8c76)c54)c3)nc(-c3cccc4oc5ccccc5c34)n2)cc1.c1ccc(-c2nc3ccc4ccccc4c3nc2-c2ccc3c(ccc4c5oc6ccccc6c5c5ccccc5c34)c2)cc1. The minimum atomic E-state index is -0.101. The molecule has 660 valence electrons. The first-order valence-corrected chi connectivity index (χ1v) is 48.3. The van der Waals surface area contributed by atoms with Crippen LogP contribution in [-0.2, 0) is 5.41 Å². The molecule has 31 rings (SSSR count). The second kappa shape index (κ2) is 31.7. The van der Waals surface area contributed by atoms with E-state index in [1.165, 1.54) is 114 Å². The van der Waals surface area contributed by atoms with Crippen molar-refractivity contribution in [2.75, 3.05) is 0 Å². The van der Waals surface area contributed by atoms with Crippen LogP contribution < -0.4 is 0 Å². The standard InChI is InChI=1S/C45H25N3O2.C45H30N2.C42H24N2O/c1-2-9-27(10-3-1)43-46-44(48-45(47-43)35-13-8-16-38-42(35)34-12-5-7-15-37(34)49-38)29-20-21-30-28(25-29)18-17-26-19-22-32-31(40(26)30)23-24-39-41(32)33-11-4-6-14-36(33)50-39;1-45(2)37-19-11-10-18-35(37)40-34-17-9-8-16-33(34)39-31-23-21-30(26-29(31)20-24-36(39)41(40)45)43-42(28-13-4-3-5-14-28)46-38-25-22-27-12-6-7-15-32(27)44(38)47-43;1-2-11-26(12-3-1)39-40(44-41-30-13-5-4-10-25(30)20-23-35(41)43-39)28-19-21-29-27(24-28)18-22-34-37(29)31-14-6-7-15-32(31)38-33-16-8-9-17-36(33)45-42(34)38/h1-25H;3-26H,1-2H3;1-24H. The molecular weight excluding hydrogens is 1730 g/mol. The van der Waals surface area contributed by atoms with Crippen molar-refractivity contribution in [2.45, 2.75) is 19.3 Å². The van der Waals surface area contributed by atoms with Crippen LogP contribution in [-0.4, -0.2) is 34.9 Å². The summed E-state index contributed by atoms with van der Waals surface area (Å²) in [5.74, 6) is 1.84. The maximum absolute atomic E-state index is 6.54. The lowest BCUT2D eigenvalue weighted by molar-refractivity contribution is 0.666. The van der Waals surface area contributed by atoms with Crippen LogP contribution in [0.4, 0.5) is 0 Å². The zero-order chi connectivity index (χ0) is 93.5. The average molecular weight is 1810 g/mol. The second-order valence-corrected chi connectivity index (χ2v) is 37.8. The first kappa shape index (κ1) is 80.5. The van der Waals surface area contributed by atoms with E-state index in [2.05, 4.69) is 366 Å². The van der Waals surface area contributed by atoms with Crippen LogP contribution >= 0.6 is 0 Å². The average Bonchev–Trinajstić information content (AvgIpc) is 1.52. The molecule has 10 nitrogen and oxygen atoms in total. The van der Waals surface area contributed by atoms with Crippen molar-refractivity contribution >= 4 is 206 Å². The van der Waals surface area contributed by atoms with Crippen LogP contribution in [0, 0.1) is 0 Å². The van der Waals surface area contributed by atoms with Crippen LogP contribution in [0.2, 0.25) is 0 Å². The molecule has 6 aromatic heterocycles. The Morgan fingerprint density at radius 3 is 1.18 bits per heavy atom. The summed E-state index contributed by atoms with van der Waals surface area (Å²) in [6.45, 7) is 4.76. The van der Waals surface area contributed by atoms with Crippen molar-refractivity contribution < 1.29 is 13.3 Å². The van der Waals surface area contributed by atoms with Crippen LogP contribution in [0.1, 0.15) is 25.0 Å². The Morgan fingerprint density at radius 1 is 0.190 bits per heavy atom. The number of hydrogen-bond donors (Lipinski definition) is 0. The van der Waals surface area contributed by atoms with Gasteiger partial charge in [-0.25, -0.2) is 34.9 Å². The third kappa shape index (κ3) is 12.6. The van der Waals surface area contributed by atoms with Gasteiger partial charge in [0.2, 0.25) is 0 Å². The summed E-state index contributed by atoms with van der Waals surface area (Å²) >= 11 is 0. The fraction of sp³-hybridized carbons (Fsp3) is 0.0227. The van der Waals surface area contributed by atoms with Crippen LogP contribution in [0.25, 0.3) is 297 Å².